The molecule has 1 rings (SSSR count). The van der Waals surface area contributed by atoms with Crippen molar-refractivity contribution < 1.29 is 0 Å². The first kappa shape index (κ1) is 9.09. The van der Waals surface area contributed by atoms with Crippen LogP contribution in [0.15, 0.2) is 0 Å². The number of rotatable bonds is 2. The third kappa shape index (κ3) is 2.21. The molecule has 0 N–H and O–H groups in total. The highest BCUT2D eigenvalue weighted by Gasteiger charge is 2.38. The molecule has 1 aliphatic carbocycles. The second-order valence-electron chi connectivity index (χ2n) is 5.40. The van der Waals surface area contributed by atoms with Gasteiger partial charge in [-0.05, 0) is 36.5 Å². The van der Waals surface area contributed by atoms with E-state index in [1.807, 2.05) is 0 Å². The zero-order chi connectivity index (χ0) is 8.54. The highest BCUT2D eigenvalue weighted by Crippen LogP contribution is 2.50. The molecule has 0 aromatic carbocycles. The summed E-state index contributed by atoms with van der Waals surface area (Å²) in [6.45, 7) is 9.59. The van der Waals surface area contributed by atoms with E-state index in [0.29, 0.717) is 10.8 Å². The highest BCUT2D eigenvalue weighted by molar-refractivity contribution is 4.90. The summed E-state index contributed by atoms with van der Waals surface area (Å²) >= 11 is 0. The fraction of sp³-hybridized carbons (Fsp3) is 1.00. The van der Waals surface area contributed by atoms with Gasteiger partial charge in [0.05, 0.1) is 0 Å². The van der Waals surface area contributed by atoms with Crippen molar-refractivity contribution in [3.05, 3.63) is 0 Å². The Labute approximate surface area is 71.4 Å². The monoisotopic (exact) mass is 154 g/mol. The van der Waals surface area contributed by atoms with Gasteiger partial charge in [-0.2, -0.15) is 0 Å². The normalized spacial score (nSPS) is 36.0. The van der Waals surface area contributed by atoms with E-state index in [2.05, 4.69) is 27.7 Å². The summed E-state index contributed by atoms with van der Waals surface area (Å²) in [5.41, 5.74) is 1.31. The third-order valence-electron chi connectivity index (χ3n) is 3.16. The van der Waals surface area contributed by atoms with Crippen molar-refractivity contribution in [3.63, 3.8) is 0 Å². The van der Waals surface area contributed by atoms with Crippen LogP contribution in [-0.4, -0.2) is 0 Å². The maximum Gasteiger partial charge on any atom is -0.0321 e. The Morgan fingerprint density at radius 3 is 2.09 bits per heavy atom. The molecular formula is C11H22. The molecule has 11 heavy (non-hydrogen) atoms. The molecule has 1 fully saturated rings. The lowest BCUT2D eigenvalue weighted by Crippen LogP contribution is -2.14. The van der Waals surface area contributed by atoms with Crippen LogP contribution in [0.4, 0.5) is 0 Å². The molecule has 0 heterocycles. The zero-order valence-corrected chi connectivity index (χ0v) is 8.54. The van der Waals surface area contributed by atoms with Crippen molar-refractivity contribution >= 4 is 0 Å². The summed E-state index contributed by atoms with van der Waals surface area (Å²) in [6, 6.07) is 0. The molecule has 0 saturated heterocycles. The summed E-state index contributed by atoms with van der Waals surface area (Å²) in [5, 5.41) is 0. The van der Waals surface area contributed by atoms with Gasteiger partial charge in [0.1, 0.15) is 0 Å². The van der Waals surface area contributed by atoms with E-state index in [-0.39, 0.29) is 0 Å². The van der Waals surface area contributed by atoms with Gasteiger partial charge in [-0.1, -0.05) is 34.1 Å². The Bertz CT molecular complexity index is 135. The standard InChI is InChI=1S/C11H22/c1-5-6-11(4)8-7-10(2,3)9-11/h5-9H2,1-4H3. The Hall–Kier alpha value is 0. The van der Waals surface area contributed by atoms with Gasteiger partial charge in [-0.3, -0.25) is 0 Å². The summed E-state index contributed by atoms with van der Waals surface area (Å²) < 4.78 is 0. The lowest BCUT2D eigenvalue weighted by molar-refractivity contribution is 0.259. The molecule has 0 spiro atoms. The van der Waals surface area contributed by atoms with Crippen LogP contribution in [0, 0.1) is 10.8 Å². The smallest absolute Gasteiger partial charge is 0.0321 e. The second-order valence-corrected chi connectivity index (χ2v) is 5.40. The van der Waals surface area contributed by atoms with Gasteiger partial charge < -0.3 is 0 Å². The van der Waals surface area contributed by atoms with Crippen LogP contribution in [0.5, 0.6) is 0 Å². The quantitative estimate of drug-likeness (QED) is 0.564. The first-order valence-electron chi connectivity index (χ1n) is 4.97. The van der Waals surface area contributed by atoms with Crippen LogP contribution in [0.2, 0.25) is 0 Å². The molecule has 1 aliphatic rings. The maximum atomic E-state index is 2.46. The van der Waals surface area contributed by atoms with Crippen molar-refractivity contribution in [1.29, 1.82) is 0 Å². The molecular weight excluding hydrogens is 132 g/mol. The third-order valence-corrected chi connectivity index (χ3v) is 3.16. The van der Waals surface area contributed by atoms with Gasteiger partial charge in [-0.25, -0.2) is 0 Å². The predicted molar refractivity (Wildman–Crippen MR) is 50.6 cm³/mol. The van der Waals surface area contributed by atoms with Crippen molar-refractivity contribution in [2.45, 2.75) is 59.8 Å². The topological polar surface area (TPSA) is 0 Å². The molecule has 1 unspecified atom stereocenters. The molecule has 0 bridgehead atoms. The van der Waals surface area contributed by atoms with E-state index in [0.717, 1.165) is 0 Å². The lowest BCUT2D eigenvalue weighted by Gasteiger charge is -2.25. The Morgan fingerprint density at radius 2 is 1.73 bits per heavy atom. The Balaban J connectivity index is 2.51. The van der Waals surface area contributed by atoms with Crippen molar-refractivity contribution in [3.8, 4) is 0 Å². The van der Waals surface area contributed by atoms with Crippen LogP contribution >= 0.6 is 0 Å². The zero-order valence-electron chi connectivity index (χ0n) is 8.54. The molecule has 0 radical (unpaired) electrons. The summed E-state index contributed by atoms with van der Waals surface area (Å²) in [5.74, 6) is 0. The molecule has 0 aromatic rings. The molecule has 0 aromatic heterocycles. The fourth-order valence-corrected chi connectivity index (χ4v) is 2.79. The van der Waals surface area contributed by atoms with E-state index in [4.69, 9.17) is 0 Å². The average molecular weight is 154 g/mol. The molecule has 1 atom stereocenters. The molecule has 66 valence electrons. The average Bonchev–Trinajstić information content (AvgIpc) is 2.07. The van der Waals surface area contributed by atoms with E-state index < -0.39 is 0 Å². The lowest BCUT2D eigenvalue weighted by atomic mass is 9.80. The van der Waals surface area contributed by atoms with Gasteiger partial charge in [0.2, 0.25) is 0 Å². The van der Waals surface area contributed by atoms with Crippen LogP contribution < -0.4 is 0 Å². The maximum absolute atomic E-state index is 2.46. The number of hydrogen-bond donors (Lipinski definition) is 0. The molecule has 0 amide bonds. The van der Waals surface area contributed by atoms with Crippen LogP contribution in [0.1, 0.15) is 59.8 Å². The van der Waals surface area contributed by atoms with Gasteiger partial charge >= 0.3 is 0 Å². The van der Waals surface area contributed by atoms with Crippen LogP contribution in [-0.2, 0) is 0 Å². The Morgan fingerprint density at radius 1 is 1.09 bits per heavy atom. The SMILES string of the molecule is CCCC1(C)CCC(C)(C)C1. The summed E-state index contributed by atoms with van der Waals surface area (Å²) in [7, 11) is 0. The van der Waals surface area contributed by atoms with Gasteiger partial charge in [-0.15, -0.1) is 0 Å². The van der Waals surface area contributed by atoms with Crippen molar-refractivity contribution in [1.82, 2.24) is 0 Å². The second kappa shape index (κ2) is 2.80. The first-order chi connectivity index (χ1) is 4.97. The van der Waals surface area contributed by atoms with Crippen molar-refractivity contribution in [2.75, 3.05) is 0 Å². The minimum atomic E-state index is 0.629. The molecule has 0 aliphatic heterocycles. The van der Waals surface area contributed by atoms with E-state index >= 15 is 0 Å². The minimum Gasteiger partial charge on any atom is -0.0654 e. The van der Waals surface area contributed by atoms with Crippen LogP contribution in [0.3, 0.4) is 0 Å². The molecule has 0 nitrogen and oxygen atoms in total. The minimum absolute atomic E-state index is 0.629. The van der Waals surface area contributed by atoms with Crippen molar-refractivity contribution in [2.24, 2.45) is 10.8 Å². The van der Waals surface area contributed by atoms with Crippen LogP contribution in [0.25, 0.3) is 0 Å². The van der Waals surface area contributed by atoms with Gasteiger partial charge in [0.25, 0.3) is 0 Å². The highest BCUT2D eigenvalue weighted by atomic mass is 14.4. The van der Waals surface area contributed by atoms with E-state index in [1.165, 1.54) is 32.1 Å². The summed E-state index contributed by atoms with van der Waals surface area (Å²) in [6.07, 6.45) is 7.11. The predicted octanol–water partition coefficient (Wildman–Crippen LogP) is 4.00. The van der Waals surface area contributed by atoms with E-state index in [1.54, 1.807) is 0 Å². The van der Waals surface area contributed by atoms with E-state index in [9.17, 15) is 0 Å². The van der Waals surface area contributed by atoms with Gasteiger partial charge in [0, 0.05) is 0 Å². The fourth-order valence-electron chi connectivity index (χ4n) is 2.79. The van der Waals surface area contributed by atoms with Gasteiger partial charge in [0.15, 0.2) is 0 Å². The molecule has 0 heteroatoms. The Kier molecular flexibility index (Phi) is 2.32. The summed E-state index contributed by atoms with van der Waals surface area (Å²) in [4.78, 5) is 0. The number of hydrogen-bond acceptors (Lipinski definition) is 0. The molecule has 1 saturated carbocycles. The largest absolute Gasteiger partial charge is 0.0654 e. The first-order valence-corrected chi connectivity index (χ1v) is 4.97.